The number of aromatic amines is 1. The molecule has 0 fully saturated rings. The van der Waals surface area contributed by atoms with Crippen LogP contribution in [0.15, 0.2) is 46.1 Å². The highest BCUT2D eigenvalue weighted by Gasteiger charge is 2.13. The second-order valence-corrected chi connectivity index (χ2v) is 4.58. The number of hydrogen-bond acceptors (Lipinski definition) is 7. The van der Waals surface area contributed by atoms with Crippen molar-refractivity contribution >= 4 is 11.0 Å². The molecule has 0 aliphatic carbocycles. The van der Waals surface area contributed by atoms with Crippen LogP contribution in [0.2, 0.25) is 0 Å². The van der Waals surface area contributed by atoms with Crippen LogP contribution >= 0.6 is 0 Å². The molecule has 23 heavy (non-hydrogen) atoms. The lowest BCUT2D eigenvalue weighted by atomic mass is 10.1. The highest BCUT2D eigenvalue weighted by molar-refractivity contribution is 5.85. The molecular formula is C15H14N4O4. The average Bonchev–Trinajstić information content (AvgIpc) is 3.08. The summed E-state index contributed by atoms with van der Waals surface area (Å²) in [6, 6.07) is 7.01. The number of nitrogens with zero attached hydrogens (tertiary/aromatic N) is 3. The van der Waals surface area contributed by atoms with Crippen LogP contribution in [0.5, 0.6) is 5.75 Å². The first-order chi connectivity index (χ1) is 11.3. The molecule has 0 saturated heterocycles. The summed E-state index contributed by atoms with van der Waals surface area (Å²) in [4.78, 5) is 12.1. The van der Waals surface area contributed by atoms with E-state index in [0.717, 1.165) is 0 Å². The van der Waals surface area contributed by atoms with Crippen LogP contribution in [0.3, 0.4) is 0 Å². The molecule has 0 bridgehead atoms. The summed E-state index contributed by atoms with van der Waals surface area (Å²) in [7, 11) is 0. The number of hydrogen-bond donors (Lipinski definition) is 1. The summed E-state index contributed by atoms with van der Waals surface area (Å²) in [5.41, 5.74) is 0.0846. The third-order valence-electron chi connectivity index (χ3n) is 3.05. The molecule has 2 heterocycles. The van der Waals surface area contributed by atoms with Gasteiger partial charge in [0.05, 0.1) is 13.2 Å². The van der Waals surface area contributed by atoms with Crippen molar-refractivity contribution in [2.45, 2.75) is 0 Å². The van der Waals surface area contributed by atoms with Gasteiger partial charge in [0, 0.05) is 5.39 Å². The number of benzene rings is 1. The minimum Gasteiger partial charge on any atom is -0.487 e. The number of H-pyrrole nitrogens is 1. The van der Waals surface area contributed by atoms with Gasteiger partial charge in [0.15, 0.2) is 17.2 Å². The first-order valence-corrected chi connectivity index (χ1v) is 6.92. The van der Waals surface area contributed by atoms with Gasteiger partial charge in [-0.25, -0.2) is 9.89 Å². The molecule has 3 rings (SSSR count). The molecule has 0 saturated carbocycles. The van der Waals surface area contributed by atoms with E-state index in [1.165, 1.54) is 0 Å². The highest BCUT2D eigenvalue weighted by atomic mass is 16.5. The summed E-state index contributed by atoms with van der Waals surface area (Å²) in [6.07, 6.45) is 1.66. The minimum atomic E-state index is -0.546. The van der Waals surface area contributed by atoms with Gasteiger partial charge in [-0.15, -0.1) is 11.7 Å². The predicted octanol–water partition coefficient (Wildman–Crippen LogP) is 1.55. The van der Waals surface area contributed by atoms with E-state index in [2.05, 4.69) is 27.2 Å². The molecule has 3 aromatic rings. The van der Waals surface area contributed by atoms with Crippen molar-refractivity contribution in [3.8, 4) is 17.1 Å². The molecule has 8 nitrogen and oxygen atoms in total. The molecule has 2 aromatic heterocycles. The van der Waals surface area contributed by atoms with Crippen LogP contribution < -0.4 is 10.4 Å². The number of rotatable bonds is 7. The molecule has 1 N–H and O–H groups in total. The summed E-state index contributed by atoms with van der Waals surface area (Å²) >= 11 is 0. The zero-order chi connectivity index (χ0) is 16.1. The second kappa shape index (κ2) is 6.84. The number of fused-ring (bicyclic) bond motifs is 1. The first kappa shape index (κ1) is 14.9. The molecular weight excluding hydrogens is 300 g/mol. The van der Waals surface area contributed by atoms with Gasteiger partial charge in [0.2, 0.25) is 0 Å². The van der Waals surface area contributed by atoms with E-state index in [4.69, 9.17) is 13.9 Å². The fourth-order valence-corrected chi connectivity index (χ4v) is 2.05. The Morgan fingerprint density at radius 1 is 1.35 bits per heavy atom. The van der Waals surface area contributed by atoms with Gasteiger partial charge in [-0.05, 0) is 22.6 Å². The van der Waals surface area contributed by atoms with Crippen molar-refractivity contribution in [2.24, 2.45) is 0 Å². The number of para-hydroxylation sites is 1. The zero-order valence-corrected chi connectivity index (χ0v) is 12.2. The van der Waals surface area contributed by atoms with E-state index >= 15 is 0 Å². The minimum absolute atomic E-state index is 0.254. The predicted molar refractivity (Wildman–Crippen MR) is 82.2 cm³/mol. The monoisotopic (exact) mass is 314 g/mol. The van der Waals surface area contributed by atoms with Crippen LogP contribution in [0.4, 0.5) is 0 Å². The molecule has 0 atom stereocenters. The van der Waals surface area contributed by atoms with E-state index in [0.29, 0.717) is 36.5 Å². The zero-order valence-electron chi connectivity index (χ0n) is 12.2. The van der Waals surface area contributed by atoms with E-state index < -0.39 is 5.63 Å². The molecule has 0 aliphatic rings. The normalized spacial score (nSPS) is 10.8. The Bertz CT molecular complexity index is 858. The van der Waals surface area contributed by atoms with Crippen molar-refractivity contribution in [1.82, 2.24) is 20.6 Å². The third-order valence-corrected chi connectivity index (χ3v) is 3.05. The molecule has 0 unspecified atom stereocenters. The van der Waals surface area contributed by atoms with Crippen molar-refractivity contribution < 1.29 is 13.9 Å². The average molecular weight is 314 g/mol. The Hall–Kier alpha value is -3.00. The maximum absolute atomic E-state index is 12.1. The number of ether oxygens (including phenoxy) is 2. The Morgan fingerprint density at radius 3 is 3.04 bits per heavy atom. The van der Waals surface area contributed by atoms with Crippen LogP contribution in [-0.4, -0.2) is 40.4 Å². The van der Waals surface area contributed by atoms with Crippen LogP contribution in [0.25, 0.3) is 22.4 Å². The highest BCUT2D eigenvalue weighted by Crippen LogP contribution is 2.26. The molecule has 1 aromatic carbocycles. The van der Waals surface area contributed by atoms with Crippen molar-refractivity contribution in [1.29, 1.82) is 0 Å². The summed E-state index contributed by atoms with van der Waals surface area (Å²) in [6.45, 7) is 4.77. The molecule has 0 spiro atoms. The molecule has 8 heteroatoms. The van der Waals surface area contributed by atoms with E-state index in [9.17, 15) is 4.79 Å². The van der Waals surface area contributed by atoms with Crippen molar-refractivity contribution in [3.05, 3.63) is 47.3 Å². The smallest absolute Gasteiger partial charge is 0.347 e. The van der Waals surface area contributed by atoms with Crippen molar-refractivity contribution in [2.75, 3.05) is 19.8 Å². The first-order valence-electron chi connectivity index (χ1n) is 6.92. The largest absolute Gasteiger partial charge is 0.487 e. The van der Waals surface area contributed by atoms with Gasteiger partial charge in [0.25, 0.3) is 0 Å². The summed E-state index contributed by atoms with van der Waals surface area (Å²) in [5, 5.41) is 13.9. The quantitative estimate of drug-likeness (QED) is 0.401. The Morgan fingerprint density at radius 2 is 2.26 bits per heavy atom. The van der Waals surface area contributed by atoms with Gasteiger partial charge in [-0.1, -0.05) is 18.2 Å². The van der Waals surface area contributed by atoms with Gasteiger partial charge in [0.1, 0.15) is 12.2 Å². The SMILES string of the molecule is C=CCOCCOc1cccc2cc(-c3nnn[nH]3)c(=O)oc12. The fourth-order valence-electron chi connectivity index (χ4n) is 2.05. The molecule has 0 amide bonds. The van der Waals surface area contributed by atoms with Crippen LogP contribution in [0, 0.1) is 0 Å². The Balaban J connectivity index is 1.88. The standard InChI is InChI=1S/C15H14N4O4/c1-2-6-21-7-8-22-12-5-3-4-10-9-11(14-16-18-19-17-14)15(20)23-13(10)12/h2-5,9H,1,6-8H2,(H,16,17,18,19). The summed E-state index contributed by atoms with van der Waals surface area (Å²) in [5.74, 6) is 0.730. The Labute approximate surface area is 130 Å². The Kier molecular flexibility index (Phi) is 4.44. The van der Waals surface area contributed by atoms with Gasteiger partial charge in [-0.3, -0.25) is 0 Å². The van der Waals surface area contributed by atoms with Gasteiger partial charge in [-0.2, -0.15) is 0 Å². The number of tetrazole rings is 1. The van der Waals surface area contributed by atoms with E-state index in [1.807, 2.05) is 12.1 Å². The van der Waals surface area contributed by atoms with Crippen molar-refractivity contribution in [3.63, 3.8) is 0 Å². The molecule has 0 radical (unpaired) electrons. The maximum atomic E-state index is 12.1. The number of nitrogens with one attached hydrogen (secondary N) is 1. The maximum Gasteiger partial charge on any atom is 0.347 e. The topological polar surface area (TPSA) is 103 Å². The van der Waals surface area contributed by atoms with Gasteiger partial charge < -0.3 is 13.9 Å². The molecule has 0 aliphatic heterocycles. The van der Waals surface area contributed by atoms with E-state index in [-0.39, 0.29) is 11.4 Å². The summed E-state index contributed by atoms with van der Waals surface area (Å²) < 4.78 is 16.2. The van der Waals surface area contributed by atoms with E-state index in [1.54, 1.807) is 18.2 Å². The lowest BCUT2D eigenvalue weighted by molar-refractivity contribution is 0.121. The lowest BCUT2D eigenvalue weighted by Crippen LogP contribution is -2.08. The fraction of sp³-hybridized carbons (Fsp3) is 0.200. The number of aromatic nitrogens is 4. The molecule has 118 valence electrons. The van der Waals surface area contributed by atoms with Gasteiger partial charge >= 0.3 is 5.63 Å². The second-order valence-electron chi connectivity index (χ2n) is 4.58. The van der Waals surface area contributed by atoms with Crippen LogP contribution in [0.1, 0.15) is 0 Å². The third kappa shape index (κ3) is 3.27. The lowest BCUT2D eigenvalue weighted by Gasteiger charge is -2.08. The van der Waals surface area contributed by atoms with Crippen LogP contribution in [-0.2, 0) is 4.74 Å².